The van der Waals surface area contributed by atoms with Gasteiger partial charge in [-0.05, 0) is 38.0 Å². The van der Waals surface area contributed by atoms with E-state index in [1.807, 2.05) is 12.1 Å². The molecule has 0 saturated carbocycles. The fraction of sp³-hybridized carbons (Fsp3) is 0.500. The van der Waals surface area contributed by atoms with Crippen LogP contribution in [0.25, 0.3) is 0 Å². The summed E-state index contributed by atoms with van der Waals surface area (Å²) in [7, 11) is 3.12. The molecular weight excluding hydrogens is 286 g/mol. The predicted molar refractivity (Wildman–Crippen MR) is 82.3 cm³/mol. The maximum absolute atomic E-state index is 11.8. The van der Waals surface area contributed by atoms with Crippen LogP contribution in [0.2, 0.25) is 0 Å². The molecule has 6 nitrogen and oxygen atoms in total. The second-order valence-electron chi connectivity index (χ2n) is 5.66. The number of hydrogen-bond acceptors (Lipinski definition) is 4. The molecule has 22 heavy (non-hydrogen) atoms. The van der Waals surface area contributed by atoms with Crippen LogP contribution in [0.15, 0.2) is 18.2 Å². The smallest absolute Gasteiger partial charge is 0.310 e. The summed E-state index contributed by atoms with van der Waals surface area (Å²) in [6.45, 7) is 3.25. The zero-order chi connectivity index (χ0) is 16.8. The molecule has 1 aromatic rings. The lowest BCUT2D eigenvalue weighted by Crippen LogP contribution is -2.38. The van der Waals surface area contributed by atoms with Crippen molar-refractivity contribution < 1.29 is 24.2 Å². The first-order valence-electron chi connectivity index (χ1n) is 7.01. The second-order valence-corrected chi connectivity index (χ2v) is 5.66. The molecule has 122 valence electrons. The molecule has 0 fully saturated rings. The number of carboxylic acid groups (broad SMARTS) is 1. The lowest BCUT2D eigenvalue weighted by molar-refractivity contribution is -0.146. The Morgan fingerprint density at radius 3 is 2.36 bits per heavy atom. The van der Waals surface area contributed by atoms with Crippen molar-refractivity contribution in [3.63, 3.8) is 0 Å². The fourth-order valence-corrected chi connectivity index (χ4v) is 1.78. The normalized spacial score (nSPS) is 10.9. The molecule has 0 unspecified atom stereocenters. The zero-order valence-electron chi connectivity index (χ0n) is 13.4. The Hall–Kier alpha value is -2.24. The monoisotopic (exact) mass is 309 g/mol. The van der Waals surface area contributed by atoms with Gasteiger partial charge >= 0.3 is 5.97 Å². The fourth-order valence-electron chi connectivity index (χ4n) is 1.78. The van der Waals surface area contributed by atoms with Crippen molar-refractivity contribution in [1.29, 1.82) is 0 Å². The van der Waals surface area contributed by atoms with E-state index in [9.17, 15) is 9.59 Å². The quantitative estimate of drug-likeness (QED) is 0.765. The van der Waals surface area contributed by atoms with Crippen LogP contribution in [0.1, 0.15) is 25.8 Å². The molecule has 2 N–H and O–H groups in total. The number of nitrogens with one attached hydrogen (secondary N) is 1. The van der Waals surface area contributed by atoms with E-state index in [1.165, 1.54) is 0 Å². The van der Waals surface area contributed by atoms with Gasteiger partial charge in [-0.2, -0.15) is 0 Å². The summed E-state index contributed by atoms with van der Waals surface area (Å²) in [6.07, 6.45) is 0.824. The lowest BCUT2D eigenvalue weighted by Gasteiger charge is -2.19. The van der Waals surface area contributed by atoms with Gasteiger partial charge in [-0.15, -0.1) is 0 Å². The summed E-state index contributed by atoms with van der Waals surface area (Å²) in [5.74, 6) is 0.142. The van der Waals surface area contributed by atoms with Gasteiger partial charge in [-0.1, -0.05) is 6.07 Å². The van der Waals surface area contributed by atoms with Crippen molar-refractivity contribution in [3.05, 3.63) is 23.8 Å². The molecule has 1 aromatic carbocycles. The van der Waals surface area contributed by atoms with Gasteiger partial charge in [0.15, 0.2) is 11.5 Å². The van der Waals surface area contributed by atoms with Crippen molar-refractivity contribution in [3.8, 4) is 11.5 Å². The Balaban J connectivity index is 2.52. The topological polar surface area (TPSA) is 84.9 Å². The lowest BCUT2D eigenvalue weighted by atomic mass is 9.94. The maximum Gasteiger partial charge on any atom is 0.310 e. The summed E-state index contributed by atoms with van der Waals surface area (Å²) in [5.41, 5.74) is -0.0239. The van der Waals surface area contributed by atoms with Crippen LogP contribution in [-0.2, 0) is 16.0 Å². The van der Waals surface area contributed by atoms with Crippen LogP contribution in [-0.4, -0.2) is 37.7 Å². The van der Waals surface area contributed by atoms with Gasteiger partial charge in [0.1, 0.15) is 0 Å². The minimum absolute atomic E-state index is 0.104. The SMILES string of the molecule is COc1ccc(CCC(=O)NCC(C)(C)C(=O)O)cc1OC. The first-order chi connectivity index (χ1) is 10.3. The van der Waals surface area contributed by atoms with E-state index in [-0.39, 0.29) is 18.9 Å². The van der Waals surface area contributed by atoms with Gasteiger partial charge in [-0.25, -0.2) is 0 Å². The van der Waals surface area contributed by atoms with Crippen LogP contribution >= 0.6 is 0 Å². The molecule has 0 aliphatic carbocycles. The van der Waals surface area contributed by atoms with Gasteiger partial charge in [0.05, 0.1) is 19.6 Å². The van der Waals surface area contributed by atoms with Crippen LogP contribution in [0, 0.1) is 5.41 Å². The van der Waals surface area contributed by atoms with Gasteiger partial charge < -0.3 is 19.9 Å². The van der Waals surface area contributed by atoms with E-state index in [0.29, 0.717) is 17.9 Å². The number of carboxylic acids is 1. The summed E-state index contributed by atoms with van der Waals surface area (Å²) in [5, 5.41) is 11.6. The van der Waals surface area contributed by atoms with Crippen molar-refractivity contribution >= 4 is 11.9 Å². The number of carbonyl (C=O) groups excluding carboxylic acids is 1. The van der Waals surface area contributed by atoms with E-state index in [2.05, 4.69) is 5.32 Å². The van der Waals surface area contributed by atoms with Crippen molar-refractivity contribution in [2.24, 2.45) is 5.41 Å². The number of benzene rings is 1. The van der Waals surface area contributed by atoms with E-state index >= 15 is 0 Å². The highest BCUT2D eigenvalue weighted by Crippen LogP contribution is 2.27. The molecule has 0 aromatic heterocycles. The minimum Gasteiger partial charge on any atom is -0.493 e. The molecule has 1 amide bonds. The zero-order valence-corrected chi connectivity index (χ0v) is 13.4. The van der Waals surface area contributed by atoms with Gasteiger partial charge in [0.2, 0.25) is 5.91 Å². The molecule has 0 heterocycles. The third-order valence-corrected chi connectivity index (χ3v) is 3.40. The van der Waals surface area contributed by atoms with Crippen LogP contribution in [0.3, 0.4) is 0 Å². The van der Waals surface area contributed by atoms with Crippen LogP contribution in [0.5, 0.6) is 11.5 Å². The first-order valence-corrected chi connectivity index (χ1v) is 7.01. The second kappa shape index (κ2) is 7.68. The Bertz CT molecular complexity index is 539. The average molecular weight is 309 g/mol. The van der Waals surface area contributed by atoms with Crippen molar-refractivity contribution in [1.82, 2.24) is 5.32 Å². The van der Waals surface area contributed by atoms with Crippen LogP contribution < -0.4 is 14.8 Å². The molecular formula is C16H23NO5. The summed E-state index contributed by atoms with van der Waals surface area (Å²) in [6, 6.07) is 5.49. The van der Waals surface area contributed by atoms with E-state index in [4.69, 9.17) is 14.6 Å². The maximum atomic E-state index is 11.8. The number of amides is 1. The highest BCUT2D eigenvalue weighted by Gasteiger charge is 2.27. The number of carbonyl (C=O) groups is 2. The third kappa shape index (κ3) is 4.95. The molecule has 0 bridgehead atoms. The highest BCUT2D eigenvalue weighted by atomic mass is 16.5. The summed E-state index contributed by atoms with van der Waals surface area (Å²) >= 11 is 0. The predicted octanol–water partition coefficient (Wildman–Crippen LogP) is 1.86. The number of rotatable bonds is 8. The highest BCUT2D eigenvalue weighted by molar-refractivity contribution is 5.78. The first kappa shape index (κ1) is 17.8. The summed E-state index contributed by atoms with van der Waals surface area (Å²) in [4.78, 5) is 22.8. The largest absolute Gasteiger partial charge is 0.493 e. The van der Waals surface area contributed by atoms with Crippen LogP contribution in [0.4, 0.5) is 0 Å². The Kier molecular flexibility index (Phi) is 6.22. The van der Waals surface area contributed by atoms with E-state index < -0.39 is 11.4 Å². The Morgan fingerprint density at radius 2 is 1.82 bits per heavy atom. The average Bonchev–Trinajstić information content (AvgIpc) is 2.50. The number of aliphatic carboxylic acids is 1. The van der Waals surface area contributed by atoms with Gasteiger partial charge in [0.25, 0.3) is 0 Å². The molecule has 0 aliphatic heterocycles. The van der Waals surface area contributed by atoms with E-state index in [0.717, 1.165) is 5.56 Å². The number of ether oxygens (including phenoxy) is 2. The Morgan fingerprint density at radius 1 is 1.18 bits per heavy atom. The standard InChI is InChI=1S/C16H23NO5/c1-16(2,15(19)20)10-17-14(18)8-6-11-5-7-12(21-3)13(9-11)22-4/h5,7,9H,6,8,10H2,1-4H3,(H,17,18)(H,19,20). The van der Waals surface area contributed by atoms with E-state index in [1.54, 1.807) is 34.1 Å². The molecule has 1 rings (SSSR count). The molecule has 0 radical (unpaired) electrons. The number of methoxy groups -OCH3 is 2. The molecule has 0 atom stereocenters. The van der Waals surface area contributed by atoms with Crippen molar-refractivity contribution in [2.75, 3.05) is 20.8 Å². The number of aryl methyl sites for hydroxylation is 1. The molecule has 0 saturated heterocycles. The Labute approximate surface area is 130 Å². The minimum atomic E-state index is -0.973. The summed E-state index contributed by atoms with van der Waals surface area (Å²) < 4.78 is 10.4. The molecule has 0 aliphatic rings. The van der Waals surface area contributed by atoms with Crippen molar-refractivity contribution in [2.45, 2.75) is 26.7 Å². The van der Waals surface area contributed by atoms with Gasteiger partial charge in [0, 0.05) is 13.0 Å². The number of hydrogen-bond donors (Lipinski definition) is 2. The molecule has 6 heteroatoms. The molecule has 0 spiro atoms. The third-order valence-electron chi connectivity index (χ3n) is 3.40. The van der Waals surface area contributed by atoms with Gasteiger partial charge in [-0.3, -0.25) is 9.59 Å².